The van der Waals surface area contributed by atoms with Crippen LogP contribution in [-0.4, -0.2) is 33.5 Å². The van der Waals surface area contributed by atoms with E-state index >= 15 is 0 Å². The molecule has 1 aliphatic rings. The molecule has 0 saturated heterocycles. The second kappa shape index (κ2) is 8.59. The van der Waals surface area contributed by atoms with E-state index in [1.165, 1.54) is 4.68 Å². The van der Waals surface area contributed by atoms with Crippen LogP contribution in [0.4, 0.5) is 5.69 Å². The second-order valence-electron chi connectivity index (χ2n) is 7.51. The summed E-state index contributed by atoms with van der Waals surface area (Å²) in [7, 11) is 3.22. The highest BCUT2D eigenvalue weighted by molar-refractivity contribution is 5.78. The van der Waals surface area contributed by atoms with Crippen molar-refractivity contribution >= 4 is 11.3 Å². The Hall–Kier alpha value is -3.68. The normalized spacial score (nSPS) is 14.7. The average molecular weight is 419 g/mol. The van der Waals surface area contributed by atoms with E-state index < -0.39 is 0 Å². The van der Waals surface area contributed by atoms with E-state index in [-0.39, 0.29) is 11.5 Å². The summed E-state index contributed by atoms with van der Waals surface area (Å²) in [4.78, 5) is 21.4. The van der Waals surface area contributed by atoms with Gasteiger partial charge in [0.15, 0.2) is 0 Å². The van der Waals surface area contributed by atoms with Crippen molar-refractivity contribution in [1.82, 2.24) is 19.7 Å². The predicted molar refractivity (Wildman–Crippen MR) is 118 cm³/mol. The minimum Gasteiger partial charge on any atom is -0.495 e. The van der Waals surface area contributed by atoms with Gasteiger partial charge in [-0.25, -0.2) is 4.68 Å². The zero-order valence-electron chi connectivity index (χ0n) is 18.0. The van der Waals surface area contributed by atoms with Crippen molar-refractivity contribution in [2.45, 2.75) is 20.4 Å². The molecule has 0 fully saturated rings. The van der Waals surface area contributed by atoms with Gasteiger partial charge < -0.3 is 14.8 Å². The lowest BCUT2D eigenvalue weighted by Gasteiger charge is -2.11. The Morgan fingerprint density at radius 2 is 2.03 bits per heavy atom. The highest BCUT2D eigenvalue weighted by Crippen LogP contribution is 2.37. The Morgan fingerprint density at radius 3 is 2.74 bits per heavy atom. The SMILES string of the molecule is COc1ccc(C2=C[C@@H]2COc2cc(NCc3ccc(C)c(C)n3)c(=O)n(C)n2)nc1. The molecular weight excluding hydrogens is 394 g/mol. The predicted octanol–water partition coefficient (Wildman–Crippen LogP) is 2.90. The Balaban J connectivity index is 1.37. The third kappa shape index (κ3) is 4.74. The molecule has 0 radical (unpaired) electrons. The molecule has 0 spiro atoms. The highest BCUT2D eigenvalue weighted by Gasteiger charge is 2.28. The van der Waals surface area contributed by atoms with E-state index in [1.54, 1.807) is 26.4 Å². The van der Waals surface area contributed by atoms with Crippen molar-refractivity contribution in [2.24, 2.45) is 13.0 Å². The molecule has 0 unspecified atom stereocenters. The zero-order valence-corrected chi connectivity index (χ0v) is 18.0. The number of nitrogens with one attached hydrogen (secondary N) is 1. The summed E-state index contributed by atoms with van der Waals surface area (Å²) < 4.78 is 12.3. The van der Waals surface area contributed by atoms with Crippen LogP contribution in [0.25, 0.3) is 5.57 Å². The van der Waals surface area contributed by atoms with Gasteiger partial charge in [-0.1, -0.05) is 12.1 Å². The molecule has 8 heteroatoms. The third-order valence-corrected chi connectivity index (χ3v) is 5.26. The van der Waals surface area contributed by atoms with Gasteiger partial charge in [0.2, 0.25) is 5.88 Å². The number of aryl methyl sites for hydroxylation is 3. The molecule has 3 heterocycles. The average Bonchev–Trinajstić information content (AvgIpc) is 3.55. The molecule has 1 aliphatic carbocycles. The van der Waals surface area contributed by atoms with Crippen molar-refractivity contribution in [2.75, 3.05) is 19.0 Å². The van der Waals surface area contributed by atoms with E-state index in [4.69, 9.17) is 9.47 Å². The summed E-state index contributed by atoms with van der Waals surface area (Å²) in [5.41, 5.74) is 5.22. The largest absolute Gasteiger partial charge is 0.495 e. The van der Waals surface area contributed by atoms with Gasteiger partial charge in [-0.05, 0) is 43.2 Å². The molecule has 3 aromatic rings. The first-order chi connectivity index (χ1) is 14.9. The van der Waals surface area contributed by atoms with E-state index in [0.717, 1.165) is 34.0 Å². The fourth-order valence-electron chi connectivity index (χ4n) is 3.17. The zero-order chi connectivity index (χ0) is 22.0. The van der Waals surface area contributed by atoms with Crippen molar-refractivity contribution in [3.05, 3.63) is 75.6 Å². The Morgan fingerprint density at radius 1 is 1.19 bits per heavy atom. The molecule has 3 aromatic heterocycles. The number of rotatable bonds is 8. The van der Waals surface area contributed by atoms with Crippen LogP contribution in [0.3, 0.4) is 0 Å². The molecule has 1 N–H and O–H groups in total. The quantitative estimate of drug-likeness (QED) is 0.600. The maximum atomic E-state index is 12.4. The maximum absolute atomic E-state index is 12.4. The number of hydrogen-bond acceptors (Lipinski definition) is 7. The van der Waals surface area contributed by atoms with Crippen molar-refractivity contribution in [3.63, 3.8) is 0 Å². The van der Waals surface area contributed by atoms with Crippen LogP contribution in [0.2, 0.25) is 0 Å². The lowest BCUT2D eigenvalue weighted by molar-refractivity contribution is 0.290. The van der Waals surface area contributed by atoms with Crippen LogP contribution in [0.1, 0.15) is 22.6 Å². The number of methoxy groups -OCH3 is 1. The van der Waals surface area contributed by atoms with Gasteiger partial charge in [0, 0.05) is 24.7 Å². The summed E-state index contributed by atoms with van der Waals surface area (Å²) in [5, 5.41) is 7.36. The van der Waals surface area contributed by atoms with Crippen LogP contribution in [0, 0.1) is 19.8 Å². The molecule has 0 amide bonds. The second-order valence-corrected chi connectivity index (χ2v) is 7.51. The molecule has 0 aliphatic heterocycles. The summed E-state index contributed by atoms with van der Waals surface area (Å²) in [6.45, 7) is 4.87. The minimum atomic E-state index is -0.219. The molecule has 0 aromatic carbocycles. The third-order valence-electron chi connectivity index (χ3n) is 5.26. The topological polar surface area (TPSA) is 91.2 Å². The molecular formula is C23H25N5O3. The van der Waals surface area contributed by atoms with Gasteiger partial charge in [-0.15, -0.1) is 5.10 Å². The number of ether oxygens (including phenoxy) is 2. The van der Waals surface area contributed by atoms with Crippen molar-refractivity contribution in [3.8, 4) is 11.6 Å². The molecule has 31 heavy (non-hydrogen) atoms. The first kappa shape index (κ1) is 20.6. The number of nitrogens with zero attached hydrogens (tertiary/aromatic N) is 4. The number of anilines is 1. The van der Waals surface area contributed by atoms with E-state index in [1.807, 2.05) is 38.1 Å². The Labute approximate surface area is 180 Å². The van der Waals surface area contributed by atoms with Crippen LogP contribution in [0.5, 0.6) is 11.6 Å². The molecule has 160 valence electrons. The maximum Gasteiger partial charge on any atom is 0.290 e. The van der Waals surface area contributed by atoms with Gasteiger partial charge >= 0.3 is 0 Å². The first-order valence-corrected chi connectivity index (χ1v) is 10.0. The summed E-state index contributed by atoms with van der Waals surface area (Å²) in [6, 6.07) is 9.42. The molecule has 4 rings (SSSR count). The number of hydrogen-bond donors (Lipinski definition) is 1. The van der Waals surface area contributed by atoms with Crippen molar-refractivity contribution < 1.29 is 9.47 Å². The Bertz CT molecular complexity index is 1180. The van der Waals surface area contributed by atoms with Crippen LogP contribution in [0.15, 0.2) is 47.4 Å². The molecule has 1 atom stereocenters. The highest BCUT2D eigenvalue weighted by atomic mass is 16.5. The summed E-state index contributed by atoms with van der Waals surface area (Å²) >= 11 is 0. The lowest BCUT2D eigenvalue weighted by atomic mass is 10.2. The van der Waals surface area contributed by atoms with Crippen LogP contribution >= 0.6 is 0 Å². The molecule has 0 bridgehead atoms. The van der Waals surface area contributed by atoms with Gasteiger partial charge in [-0.2, -0.15) is 0 Å². The van der Waals surface area contributed by atoms with E-state index in [9.17, 15) is 4.79 Å². The number of aromatic nitrogens is 4. The summed E-state index contributed by atoms with van der Waals surface area (Å²) in [5.74, 6) is 1.29. The standard InChI is InChI=1S/C23H25N5O3/c1-14-5-6-17(26-15(14)2)11-24-21-10-22(27-28(3)23(21)29)31-13-16-9-19(16)20-8-7-18(30-4)12-25-20/h5-10,12,16,24H,11,13H2,1-4H3/t16-/m1/s1. The van der Waals surface area contributed by atoms with Gasteiger partial charge in [0.05, 0.1) is 31.2 Å². The van der Waals surface area contributed by atoms with Gasteiger partial charge in [0.1, 0.15) is 18.0 Å². The van der Waals surface area contributed by atoms with E-state index in [0.29, 0.717) is 24.7 Å². The summed E-state index contributed by atoms with van der Waals surface area (Å²) in [6.07, 6.45) is 3.80. The lowest BCUT2D eigenvalue weighted by Crippen LogP contribution is -2.24. The van der Waals surface area contributed by atoms with Crippen molar-refractivity contribution in [1.29, 1.82) is 0 Å². The van der Waals surface area contributed by atoms with Gasteiger partial charge in [-0.3, -0.25) is 14.8 Å². The van der Waals surface area contributed by atoms with Crippen LogP contribution in [-0.2, 0) is 13.6 Å². The fraction of sp³-hybridized carbons (Fsp3) is 0.304. The monoisotopic (exact) mass is 419 g/mol. The minimum absolute atomic E-state index is 0.177. The number of pyridine rings is 2. The molecule has 8 nitrogen and oxygen atoms in total. The smallest absolute Gasteiger partial charge is 0.290 e. The van der Waals surface area contributed by atoms with Gasteiger partial charge in [0.25, 0.3) is 5.56 Å². The molecule has 0 saturated carbocycles. The first-order valence-electron chi connectivity index (χ1n) is 10.0. The van der Waals surface area contributed by atoms with Crippen LogP contribution < -0.4 is 20.3 Å². The Kier molecular flexibility index (Phi) is 5.70. The van der Waals surface area contributed by atoms with E-state index in [2.05, 4.69) is 26.5 Å². The fourth-order valence-corrected chi connectivity index (χ4v) is 3.17.